The molecular weight excluding hydrogens is 411 g/mol. The van der Waals surface area contributed by atoms with Gasteiger partial charge in [0, 0.05) is 23.6 Å². The Morgan fingerprint density at radius 2 is 2.23 bits per heavy atom. The first kappa shape index (κ1) is 20.0. The lowest BCUT2D eigenvalue weighted by atomic mass is 10.0. The predicted octanol–water partition coefficient (Wildman–Crippen LogP) is 4.43. The van der Waals surface area contributed by atoms with Crippen molar-refractivity contribution in [2.24, 2.45) is 0 Å². The zero-order valence-corrected chi connectivity index (χ0v) is 16.4. The van der Waals surface area contributed by atoms with Gasteiger partial charge in [-0.2, -0.15) is 5.26 Å². The summed E-state index contributed by atoms with van der Waals surface area (Å²) in [5, 5.41) is 12.6. The van der Waals surface area contributed by atoms with Gasteiger partial charge < -0.3 is 14.8 Å². The van der Waals surface area contributed by atoms with Crippen molar-refractivity contribution in [3.63, 3.8) is 0 Å². The monoisotopic (exact) mass is 426 g/mol. The molecule has 2 heterocycles. The van der Waals surface area contributed by atoms with Crippen LogP contribution in [0.15, 0.2) is 36.7 Å². The number of benzene rings is 2. The van der Waals surface area contributed by atoms with E-state index in [2.05, 4.69) is 15.3 Å². The van der Waals surface area contributed by atoms with Crippen molar-refractivity contribution >= 4 is 39.8 Å². The smallest absolute Gasteiger partial charge is 0.180 e. The van der Waals surface area contributed by atoms with Crippen molar-refractivity contribution in [2.45, 2.75) is 18.9 Å². The van der Waals surface area contributed by atoms with Crippen LogP contribution in [0.25, 0.3) is 10.9 Å². The number of nitrogens with one attached hydrogen (secondary N) is 1. The molecule has 1 unspecified atom stereocenters. The molecule has 0 bridgehead atoms. The van der Waals surface area contributed by atoms with Gasteiger partial charge in [0.25, 0.3) is 0 Å². The topological polar surface area (TPSA) is 97.1 Å². The number of nitriles is 1. The normalized spacial score (nSPS) is 15.7. The summed E-state index contributed by atoms with van der Waals surface area (Å²) in [6, 6.07) is 9.33. The highest BCUT2D eigenvalue weighted by Gasteiger charge is 2.22. The van der Waals surface area contributed by atoms with Gasteiger partial charge in [-0.25, -0.2) is 14.4 Å². The predicted molar refractivity (Wildman–Crippen MR) is 109 cm³/mol. The van der Waals surface area contributed by atoms with Gasteiger partial charge in [0.1, 0.15) is 29.8 Å². The molecule has 0 radical (unpaired) electrons. The van der Waals surface area contributed by atoms with Crippen LogP contribution in [0.4, 0.5) is 15.9 Å². The number of halogens is 2. The number of hydrogen-bond acceptors (Lipinski definition) is 7. The number of ketones is 1. The van der Waals surface area contributed by atoms with Gasteiger partial charge in [0.2, 0.25) is 0 Å². The number of carbonyl (C=O) groups excluding carboxylic acids is 1. The van der Waals surface area contributed by atoms with Crippen LogP contribution in [0.2, 0.25) is 5.02 Å². The molecule has 1 aliphatic rings. The Kier molecular flexibility index (Phi) is 5.74. The summed E-state index contributed by atoms with van der Waals surface area (Å²) < 4.78 is 24.8. The number of aromatic nitrogens is 2. The van der Waals surface area contributed by atoms with Gasteiger partial charge in [-0.1, -0.05) is 11.6 Å². The molecule has 3 aromatic rings. The molecule has 2 aromatic carbocycles. The molecule has 0 aliphatic carbocycles. The number of fused-ring (bicyclic) bond motifs is 1. The standard InChI is InChI=1S/C21H16ClFN4O3/c22-16-7-12(1-2-17(16)23)27-21-14-8-15(19(28)3-5-24)20(9-18(14)25-11-26-21)30-13-4-6-29-10-13/h1-2,7-9,11,13H,3-4,6,10H2,(H,25,26,27). The molecule has 0 amide bonds. The second kappa shape index (κ2) is 8.61. The minimum absolute atomic E-state index is 0.0299. The van der Waals surface area contributed by atoms with Crippen LogP contribution in [0.1, 0.15) is 23.2 Å². The van der Waals surface area contributed by atoms with E-state index in [0.717, 1.165) is 0 Å². The Morgan fingerprint density at radius 1 is 1.37 bits per heavy atom. The van der Waals surface area contributed by atoms with Crippen LogP contribution in [0.3, 0.4) is 0 Å². The minimum Gasteiger partial charge on any atom is -0.487 e. The Labute approximate surface area is 176 Å². The lowest BCUT2D eigenvalue weighted by Gasteiger charge is -2.16. The van der Waals surface area contributed by atoms with E-state index in [-0.39, 0.29) is 28.9 Å². The molecule has 1 aliphatic heterocycles. The number of carbonyl (C=O) groups is 1. The van der Waals surface area contributed by atoms with Crippen molar-refractivity contribution in [3.05, 3.63) is 53.1 Å². The fourth-order valence-corrected chi connectivity index (χ4v) is 3.34. The zero-order chi connectivity index (χ0) is 21.1. The Morgan fingerprint density at radius 3 is 2.97 bits per heavy atom. The molecule has 1 fully saturated rings. The number of rotatable bonds is 6. The van der Waals surface area contributed by atoms with Crippen LogP contribution in [-0.2, 0) is 4.74 Å². The number of hydrogen-bond donors (Lipinski definition) is 1. The van der Waals surface area contributed by atoms with Gasteiger partial charge >= 0.3 is 0 Å². The molecule has 1 N–H and O–H groups in total. The first-order valence-corrected chi connectivity index (χ1v) is 9.58. The summed E-state index contributed by atoms with van der Waals surface area (Å²) in [4.78, 5) is 21.1. The quantitative estimate of drug-likeness (QED) is 0.582. The van der Waals surface area contributed by atoms with Crippen molar-refractivity contribution in [1.29, 1.82) is 5.26 Å². The van der Waals surface area contributed by atoms with Crippen molar-refractivity contribution in [1.82, 2.24) is 9.97 Å². The van der Waals surface area contributed by atoms with Gasteiger partial charge in [-0.05, 0) is 24.3 Å². The molecule has 9 heteroatoms. The van der Waals surface area contributed by atoms with Gasteiger partial charge in [0.05, 0.1) is 41.8 Å². The molecular formula is C21H16ClFN4O3. The lowest BCUT2D eigenvalue weighted by molar-refractivity contribution is 0.0987. The molecule has 152 valence electrons. The number of anilines is 2. The number of nitrogens with zero attached hydrogens (tertiary/aromatic N) is 3. The summed E-state index contributed by atoms with van der Waals surface area (Å²) >= 11 is 5.85. The average molecular weight is 427 g/mol. The maximum Gasteiger partial charge on any atom is 0.180 e. The summed E-state index contributed by atoms with van der Waals surface area (Å²) in [5.74, 6) is -0.137. The fourth-order valence-electron chi connectivity index (χ4n) is 3.16. The number of Topliss-reactive ketones (excluding diaryl/α,β-unsaturated/α-hetero) is 1. The summed E-state index contributed by atoms with van der Waals surface area (Å²) in [7, 11) is 0. The lowest BCUT2D eigenvalue weighted by Crippen LogP contribution is -2.17. The zero-order valence-electron chi connectivity index (χ0n) is 15.7. The largest absolute Gasteiger partial charge is 0.487 e. The van der Waals surface area contributed by atoms with E-state index in [9.17, 15) is 9.18 Å². The highest BCUT2D eigenvalue weighted by molar-refractivity contribution is 6.31. The summed E-state index contributed by atoms with van der Waals surface area (Å²) in [6.45, 7) is 1.03. The molecule has 7 nitrogen and oxygen atoms in total. The van der Waals surface area contributed by atoms with Crippen molar-refractivity contribution in [2.75, 3.05) is 18.5 Å². The van der Waals surface area contributed by atoms with E-state index in [1.165, 1.54) is 24.5 Å². The highest BCUT2D eigenvalue weighted by atomic mass is 35.5. The Hall–Kier alpha value is -3.28. The van der Waals surface area contributed by atoms with E-state index < -0.39 is 5.82 Å². The second-order valence-electron chi connectivity index (χ2n) is 6.70. The highest BCUT2D eigenvalue weighted by Crippen LogP contribution is 2.32. The maximum absolute atomic E-state index is 13.4. The van der Waals surface area contributed by atoms with E-state index >= 15 is 0 Å². The molecule has 0 spiro atoms. The van der Waals surface area contributed by atoms with Crippen LogP contribution in [0, 0.1) is 17.1 Å². The third-order valence-electron chi connectivity index (χ3n) is 4.64. The second-order valence-corrected chi connectivity index (χ2v) is 7.11. The van der Waals surface area contributed by atoms with Gasteiger partial charge in [-0.3, -0.25) is 4.79 Å². The summed E-state index contributed by atoms with van der Waals surface area (Å²) in [5.41, 5.74) is 1.34. The van der Waals surface area contributed by atoms with Crippen LogP contribution in [0.5, 0.6) is 5.75 Å². The molecule has 1 aromatic heterocycles. The molecule has 1 saturated heterocycles. The fraction of sp³-hybridized carbons (Fsp3) is 0.238. The SMILES string of the molecule is N#CCC(=O)c1cc2c(Nc3ccc(F)c(Cl)c3)ncnc2cc1OC1CCOC1. The first-order chi connectivity index (χ1) is 14.5. The van der Waals surface area contributed by atoms with E-state index in [1.54, 1.807) is 12.1 Å². The van der Waals surface area contributed by atoms with Gasteiger partial charge in [-0.15, -0.1) is 0 Å². The maximum atomic E-state index is 13.4. The summed E-state index contributed by atoms with van der Waals surface area (Å²) in [6.07, 6.45) is 1.63. The number of ether oxygens (including phenoxy) is 2. The average Bonchev–Trinajstić information content (AvgIpc) is 3.24. The van der Waals surface area contributed by atoms with E-state index in [4.69, 9.17) is 26.3 Å². The Balaban J connectivity index is 1.77. The Bertz CT molecular complexity index is 1160. The third kappa shape index (κ3) is 4.17. The molecule has 1 atom stereocenters. The molecule has 30 heavy (non-hydrogen) atoms. The minimum atomic E-state index is -0.531. The van der Waals surface area contributed by atoms with E-state index in [1.807, 2.05) is 6.07 Å². The van der Waals surface area contributed by atoms with E-state index in [0.29, 0.717) is 47.8 Å². The van der Waals surface area contributed by atoms with Crippen LogP contribution in [-0.4, -0.2) is 35.1 Å². The van der Waals surface area contributed by atoms with Gasteiger partial charge in [0.15, 0.2) is 5.78 Å². The van der Waals surface area contributed by atoms with Crippen LogP contribution >= 0.6 is 11.6 Å². The van der Waals surface area contributed by atoms with Crippen molar-refractivity contribution < 1.29 is 18.7 Å². The van der Waals surface area contributed by atoms with Crippen molar-refractivity contribution in [3.8, 4) is 11.8 Å². The third-order valence-corrected chi connectivity index (χ3v) is 4.93. The molecule has 0 saturated carbocycles. The first-order valence-electron chi connectivity index (χ1n) is 9.20. The van der Waals surface area contributed by atoms with Crippen LogP contribution < -0.4 is 10.1 Å². The molecule has 4 rings (SSSR count).